The fraction of sp³-hybridized carbons (Fsp3) is 0.625. The van der Waals surface area contributed by atoms with Crippen molar-refractivity contribution >= 4 is 9.24 Å². The summed E-state index contributed by atoms with van der Waals surface area (Å²) < 4.78 is 0. The molecule has 0 aliphatic rings. The van der Waals surface area contributed by atoms with Crippen LogP contribution in [-0.4, -0.2) is 0 Å². The van der Waals surface area contributed by atoms with Gasteiger partial charge in [-0.3, -0.25) is 0 Å². The summed E-state index contributed by atoms with van der Waals surface area (Å²) in [5.41, 5.74) is 6.11. The predicted octanol–water partition coefficient (Wildman–Crippen LogP) is 5.43. The maximum absolute atomic E-state index is 2.89. The maximum Gasteiger partial charge on any atom is -0.0123 e. The van der Waals surface area contributed by atoms with Crippen LogP contribution in [-0.2, 0) is 6.16 Å². The van der Waals surface area contributed by atoms with Crippen molar-refractivity contribution in [2.45, 2.75) is 65.5 Å². The van der Waals surface area contributed by atoms with E-state index in [1.54, 1.807) is 5.56 Å². The van der Waals surface area contributed by atoms with Gasteiger partial charge in [0.25, 0.3) is 0 Å². The zero-order valence-corrected chi connectivity index (χ0v) is 13.3. The highest BCUT2D eigenvalue weighted by molar-refractivity contribution is 7.15. The first-order chi connectivity index (χ1) is 7.88. The fourth-order valence-corrected chi connectivity index (χ4v) is 2.81. The molecular weight excluding hydrogens is 223 g/mol. The van der Waals surface area contributed by atoms with E-state index in [1.807, 2.05) is 0 Å². The molecule has 0 saturated carbocycles. The van der Waals surface area contributed by atoms with Crippen molar-refractivity contribution in [1.29, 1.82) is 0 Å². The molecule has 1 aromatic rings. The van der Waals surface area contributed by atoms with Crippen LogP contribution in [0.15, 0.2) is 12.1 Å². The lowest BCUT2D eigenvalue weighted by atomic mass is 9.85. The molecule has 0 amide bonds. The Kier molecular flexibility index (Phi) is 5.20. The highest BCUT2D eigenvalue weighted by atomic mass is 31.0. The standard InChI is InChI=1S/C16H27P/c1-10(2)13-7-14(11(3)4)16(9-17)15(8-13)12(5)6/h7-8,10-12H,9,17H2,1-6H3. The Balaban J connectivity index is 3.46. The summed E-state index contributed by atoms with van der Waals surface area (Å²) in [4.78, 5) is 0. The Morgan fingerprint density at radius 1 is 0.824 bits per heavy atom. The van der Waals surface area contributed by atoms with Crippen molar-refractivity contribution < 1.29 is 0 Å². The van der Waals surface area contributed by atoms with Crippen LogP contribution in [0.25, 0.3) is 0 Å². The Hall–Kier alpha value is -0.350. The zero-order chi connectivity index (χ0) is 13.2. The summed E-state index contributed by atoms with van der Waals surface area (Å²) in [5, 5.41) is 0. The number of rotatable bonds is 4. The number of benzene rings is 1. The Morgan fingerprint density at radius 2 is 1.24 bits per heavy atom. The van der Waals surface area contributed by atoms with E-state index in [0.717, 1.165) is 6.16 Å². The van der Waals surface area contributed by atoms with E-state index in [-0.39, 0.29) is 0 Å². The molecule has 96 valence electrons. The van der Waals surface area contributed by atoms with Gasteiger partial charge in [-0.1, -0.05) is 53.7 Å². The number of hydrogen-bond acceptors (Lipinski definition) is 0. The lowest BCUT2D eigenvalue weighted by Crippen LogP contribution is -2.04. The van der Waals surface area contributed by atoms with Crippen LogP contribution < -0.4 is 0 Å². The van der Waals surface area contributed by atoms with E-state index in [2.05, 4.69) is 62.9 Å². The molecule has 0 bridgehead atoms. The molecule has 0 heterocycles. The molecule has 1 unspecified atom stereocenters. The van der Waals surface area contributed by atoms with Crippen molar-refractivity contribution in [2.24, 2.45) is 0 Å². The van der Waals surface area contributed by atoms with Crippen LogP contribution >= 0.6 is 9.24 Å². The van der Waals surface area contributed by atoms with Crippen LogP contribution in [0.4, 0.5) is 0 Å². The second kappa shape index (κ2) is 6.01. The minimum atomic E-state index is 0.613. The molecule has 17 heavy (non-hydrogen) atoms. The van der Waals surface area contributed by atoms with E-state index in [4.69, 9.17) is 0 Å². The zero-order valence-electron chi connectivity index (χ0n) is 12.2. The van der Waals surface area contributed by atoms with Gasteiger partial charge in [0, 0.05) is 0 Å². The normalized spacial score (nSPS) is 11.9. The van der Waals surface area contributed by atoms with Gasteiger partial charge >= 0.3 is 0 Å². The van der Waals surface area contributed by atoms with Crippen LogP contribution in [0.1, 0.15) is 81.5 Å². The Morgan fingerprint density at radius 3 is 1.47 bits per heavy atom. The third-order valence-corrected chi connectivity index (χ3v) is 3.86. The van der Waals surface area contributed by atoms with Gasteiger partial charge in [-0.15, -0.1) is 9.24 Å². The van der Waals surface area contributed by atoms with E-state index in [0.29, 0.717) is 17.8 Å². The maximum atomic E-state index is 2.89. The van der Waals surface area contributed by atoms with Crippen LogP contribution in [0, 0.1) is 0 Å². The smallest absolute Gasteiger partial charge is 0.0123 e. The quantitative estimate of drug-likeness (QED) is 0.625. The molecule has 1 heteroatoms. The van der Waals surface area contributed by atoms with Crippen LogP contribution in [0.3, 0.4) is 0 Å². The van der Waals surface area contributed by atoms with Crippen molar-refractivity contribution in [2.75, 3.05) is 0 Å². The van der Waals surface area contributed by atoms with Gasteiger partial charge in [0.05, 0.1) is 0 Å². The monoisotopic (exact) mass is 250 g/mol. The summed E-state index contributed by atoms with van der Waals surface area (Å²) in [7, 11) is 2.89. The van der Waals surface area contributed by atoms with Gasteiger partial charge in [0.15, 0.2) is 0 Å². The summed E-state index contributed by atoms with van der Waals surface area (Å²) in [6.07, 6.45) is 1.07. The highest BCUT2D eigenvalue weighted by Gasteiger charge is 2.15. The number of hydrogen-bond donors (Lipinski definition) is 0. The molecule has 1 aromatic carbocycles. The highest BCUT2D eigenvalue weighted by Crippen LogP contribution is 2.33. The van der Waals surface area contributed by atoms with Gasteiger partial charge < -0.3 is 0 Å². The van der Waals surface area contributed by atoms with E-state index in [1.165, 1.54) is 16.7 Å². The molecule has 0 radical (unpaired) electrons. The summed E-state index contributed by atoms with van der Waals surface area (Å²) in [6.45, 7) is 13.8. The third kappa shape index (κ3) is 3.32. The molecule has 0 aromatic heterocycles. The molecule has 0 nitrogen and oxygen atoms in total. The average molecular weight is 250 g/mol. The first-order valence-electron chi connectivity index (χ1n) is 6.75. The minimum absolute atomic E-state index is 0.613. The Labute approximate surface area is 109 Å². The molecule has 1 rings (SSSR count). The first kappa shape index (κ1) is 14.7. The summed E-state index contributed by atoms with van der Waals surface area (Å²) in [5.74, 6) is 1.84. The summed E-state index contributed by atoms with van der Waals surface area (Å²) in [6, 6.07) is 4.83. The van der Waals surface area contributed by atoms with Crippen molar-refractivity contribution in [3.05, 3.63) is 34.4 Å². The van der Waals surface area contributed by atoms with Crippen LogP contribution in [0.2, 0.25) is 0 Å². The van der Waals surface area contributed by atoms with Crippen molar-refractivity contribution in [1.82, 2.24) is 0 Å². The van der Waals surface area contributed by atoms with Gasteiger partial charge in [-0.2, -0.15) is 0 Å². The first-order valence-corrected chi connectivity index (χ1v) is 7.56. The van der Waals surface area contributed by atoms with E-state index >= 15 is 0 Å². The average Bonchev–Trinajstić information content (AvgIpc) is 2.26. The molecule has 0 fully saturated rings. The predicted molar refractivity (Wildman–Crippen MR) is 82.1 cm³/mol. The molecule has 0 saturated heterocycles. The van der Waals surface area contributed by atoms with Gasteiger partial charge in [-0.25, -0.2) is 0 Å². The molecule has 0 aliphatic heterocycles. The Bertz CT molecular complexity index is 346. The van der Waals surface area contributed by atoms with Gasteiger partial charge in [0.1, 0.15) is 0 Å². The minimum Gasteiger partial charge on any atom is -0.133 e. The van der Waals surface area contributed by atoms with Gasteiger partial charge in [0.2, 0.25) is 0 Å². The lowest BCUT2D eigenvalue weighted by Gasteiger charge is -2.22. The second-order valence-electron chi connectivity index (χ2n) is 5.85. The topological polar surface area (TPSA) is 0 Å². The largest absolute Gasteiger partial charge is 0.133 e. The third-order valence-electron chi connectivity index (χ3n) is 3.46. The van der Waals surface area contributed by atoms with Crippen molar-refractivity contribution in [3.63, 3.8) is 0 Å². The molecule has 1 atom stereocenters. The molecule has 0 spiro atoms. The summed E-state index contributed by atoms with van der Waals surface area (Å²) >= 11 is 0. The fourth-order valence-electron chi connectivity index (χ4n) is 2.34. The molecular formula is C16H27P. The van der Waals surface area contributed by atoms with Crippen LogP contribution in [0.5, 0.6) is 0 Å². The SMILES string of the molecule is CC(C)c1cc(C(C)C)c(CP)c(C(C)C)c1. The van der Waals surface area contributed by atoms with E-state index in [9.17, 15) is 0 Å². The molecule has 0 N–H and O–H groups in total. The second-order valence-corrected chi connectivity index (χ2v) is 6.25. The van der Waals surface area contributed by atoms with Crippen molar-refractivity contribution in [3.8, 4) is 0 Å². The molecule has 0 aliphatic carbocycles. The lowest BCUT2D eigenvalue weighted by molar-refractivity contribution is 0.789. The van der Waals surface area contributed by atoms with Gasteiger partial charge in [-0.05, 0) is 46.2 Å². The van der Waals surface area contributed by atoms with E-state index < -0.39 is 0 Å².